The molecule has 0 spiro atoms. The van der Waals surface area contributed by atoms with Crippen LogP contribution in [-0.2, 0) is 0 Å². The molecule has 1 saturated carbocycles. The van der Waals surface area contributed by atoms with Gasteiger partial charge in [0.1, 0.15) is 5.75 Å². The molecule has 2 aromatic carbocycles. The van der Waals surface area contributed by atoms with E-state index in [1.54, 1.807) is 6.07 Å². The molecule has 1 saturated heterocycles. The molecule has 4 atom stereocenters. The van der Waals surface area contributed by atoms with Gasteiger partial charge in [-0.1, -0.05) is 29.8 Å². The van der Waals surface area contributed by atoms with E-state index in [1.807, 2.05) is 31.2 Å². The molecule has 0 radical (unpaired) electrons. The van der Waals surface area contributed by atoms with E-state index in [-0.39, 0.29) is 23.8 Å². The first kappa shape index (κ1) is 19.9. The van der Waals surface area contributed by atoms with Crippen molar-refractivity contribution in [1.82, 2.24) is 4.90 Å². The van der Waals surface area contributed by atoms with Gasteiger partial charge >= 0.3 is 0 Å². The minimum Gasteiger partial charge on any atom is -0.506 e. The molecule has 5 heteroatoms. The number of fused-ring (bicyclic) bond motifs is 3. The Bertz CT molecular complexity index is 1040. The third-order valence-corrected chi connectivity index (χ3v) is 8.00. The topological polar surface area (TPSA) is 46.9 Å². The van der Waals surface area contributed by atoms with Gasteiger partial charge in [-0.15, -0.1) is 0 Å². The van der Waals surface area contributed by atoms with Gasteiger partial charge in [0.25, 0.3) is 0 Å². The molecule has 3 unspecified atom stereocenters. The second-order valence-electron chi connectivity index (χ2n) is 9.32. The van der Waals surface area contributed by atoms with Crippen molar-refractivity contribution in [3.8, 4) is 5.75 Å². The van der Waals surface area contributed by atoms with E-state index < -0.39 is 5.60 Å². The summed E-state index contributed by atoms with van der Waals surface area (Å²) in [5, 5.41) is 23.2. The summed E-state index contributed by atoms with van der Waals surface area (Å²) < 4.78 is 0. The van der Waals surface area contributed by atoms with Gasteiger partial charge in [-0.05, 0) is 81.6 Å². The number of benzene rings is 2. The van der Waals surface area contributed by atoms with Gasteiger partial charge in [0, 0.05) is 23.0 Å². The van der Waals surface area contributed by atoms with Crippen LogP contribution in [0.4, 0.5) is 11.4 Å². The standard InChI is InChI=1S/C25H29ClN2O2/c1-15-7-8-24(29)23(11-15)28-21-6-4-5-20(26)19(21)12-17-14-25(30)16(2)27(3)10-9-18(25)13-22(17)28/h4-8,11-12,16,18,22,29-30H,9-10,13-14H2,1-3H3/t16-,18?,22?,25?/m1/s1. The number of halogens is 1. The van der Waals surface area contributed by atoms with Crippen LogP contribution in [0.1, 0.15) is 37.3 Å². The van der Waals surface area contributed by atoms with Crippen molar-refractivity contribution in [2.45, 2.75) is 50.8 Å². The number of piperidine rings is 1. The molecule has 5 rings (SSSR count). The number of nitrogens with zero attached hydrogens (tertiary/aromatic N) is 2. The maximum Gasteiger partial charge on any atom is 0.139 e. The zero-order chi connectivity index (χ0) is 21.2. The number of phenolic OH excluding ortho intramolecular Hbond substituents is 1. The molecule has 4 nitrogen and oxygen atoms in total. The molecule has 2 aromatic rings. The van der Waals surface area contributed by atoms with E-state index >= 15 is 0 Å². The first-order valence-corrected chi connectivity index (χ1v) is 11.2. The van der Waals surface area contributed by atoms with E-state index in [0.29, 0.717) is 11.4 Å². The molecule has 2 heterocycles. The van der Waals surface area contributed by atoms with Crippen molar-refractivity contribution in [3.05, 3.63) is 58.1 Å². The van der Waals surface area contributed by atoms with Crippen LogP contribution < -0.4 is 4.90 Å². The molecule has 1 aliphatic carbocycles. The van der Waals surface area contributed by atoms with Crippen LogP contribution in [0.15, 0.2) is 42.0 Å². The van der Waals surface area contributed by atoms with Crippen molar-refractivity contribution in [2.75, 3.05) is 18.5 Å². The highest BCUT2D eigenvalue weighted by Gasteiger charge is 2.53. The summed E-state index contributed by atoms with van der Waals surface area (Å²) in [5.74, 6) is 0.492. The third-order valence-electron chi connectivity index (χ3n) is 7.67. The van der Waals surface area contributed by atoms with Crippen LogP contribution in [0.2, 0.25) is 5.02 Å². The maximum atomic E-state index is 11.8. The van der Waals surface area contributed by atoms with Gasteiger partial charge in [-0.3, -0.25) is 0 Å². The highest BCUT2D eigenvalue weighted by Crippen LogP contribution is 2.53. The van der Waals surface area contributed by atoms with Gasteiger partial charge in [0.05, 0.1) is 23.0 Å². The van der Waals surface area contributed by atoms with Crippen molar-refractivity contribution >= 4 is 29.1 Å². The lowest BCUT2D eigenvalue weighted by Crippen LogP contribution is -2.63. The van der Waals surface area contributed by atoms with Gasteiger partial charge in [0.2, 0.25) is 0 Å². The Morgan fingerprint density at radius 3 is 2.77 bits per heavy atom. The predicted molar refractivity (Wildman–Crippen MR) is 123 cm³/mol. The zero-order valence-electron chi connectivity index (χ0n) is 17.8. The fourth-order valence-electron chi connectivity index (χ4n) is 5.78. The van der Waals surface area contributed by atoms with E-state index in [1.165, 1.54) is 5.57 Å². The first-order valence-electron chi connectivity index (χ1n) is 10.8. The van der Waals surface area contributed by atoms with Crippen molar-refractivity contribution < 1.29 is 10.2 Å². The predicted octanol–water partition coefficient (Wildman–Crippen LogP) is 5.12. The van der Waals surface area contributed by atoms with Gasteiger partial charge < -0.3 is 20.0 Å². The Morgan fingerprint density at radius 2 is 1.97 bits per heavy atom. The normalized spacial score (nSPS) is 30.9. The molecule has 2 fully saturated rings. The molecule has 0 aromatic heterocycles. The van der Waals surface area contributed by atoms with Crippen LogP contribution in [0.3, 0.4) is 0 Å². The Balaban J connectivity index is 1.68. The summed E-state index contributed by atoms with van der Waals surface area (Å²) in [5.41, 5.74) is 4.34. The second kappa shape index (κ2) is 7.01. The summed E-state index contributed by atoms with van der Waals surface area (Å²) in [7, 11) is 2.10. The van der Waals surface area contributed by atoms with Gasteiger partial charge in [-0.2, -0.15) is 0 Å². The minimum absolute atomic E-state index is 0.101. The van der Waals surface area contributed by atoms with E-state index in [4.69, 9.17) is 11.6 Å². The van der Waals surface area contributed by atoms with Crippen LogP contribution in [0, 0.1) is 12.8 Å². The molecule has 0 bridgehead atoms. The fraction of sp³-hybridized carbons (Fsp3) is 0.440. The van der Waals surface area contributed by atoms with Crippen LogP contribution >= 0.6 is 11.6 Å². The van der Waals surface area contributed by atoms with E-state index in [9.17, 15) is 10.2 Å². The molecule has 158 valence electrons. The summed E-state index contributed by atoms with van der Waals surface area (Å²) in [6.45, 7) is 5.18. The monoisotopic (exact) mass is 424 g/mol. The number of rotatable bonds is 1. The SMILES string of the molecule is Cc1ccc(O)c(N2c3cccc(Cl)c3C=C3CC4(O)C(CCN(C)[C@@H]4C)CC32)c1. The van der Waals surface area contributed by atoms with E-state index in [2.05, 4.69) is 35.9 Å². The molecule has 0 amide bonds. The smallest absolute Gasteiger partial charge is 0.139 e. The molecular weight excluding hydrogens is 396 g/mol. The van der Waals surface area contributed by atoms with Gasteiger partial charge in [-0.25, -0.2) is 0 Å². The van der Waals surface area contributed by atoms with Crippen LogP contribution in [-0.4, -0.2) is 46.4 Å². The third kappa shape index (κ3) is 2.89. The molecule has 2 aliphatic heterocycles. The fourth-order valence-corrected chi connectivity index (χ4v) is 6.00. The summed E-state index contributed by atoms with van der Waals surface area (Å²) in [6.07, 6.45) is 4.65. The largest absolute Gasteiger partial charge is 0.506 e. The zero-order valence-corrected chi connectivity index (χ0v) is 18.5. The first-order chi connectivity index (χ1) is 14.3. The number of phenols is 1. The maximum absolute atomic E-state index is 11.8. The number of likely N-dealkylation sites (tertiary alicyclic amines) is 1. The van der Waals surface area contributed by atoms with Crippen molar-refractivity contribution in [2.24, 2.45) is 5.92 Å². The van der Waals surface area contributed by atoms with Crippen LogP contribution in [0.25, 0.3) is 6.08 Å². The lowest BCUT2D eigenvalue weighted by Gasteiger charge is -2.56. The number of hydrogen-bond acceptors (Lipinski definition) is 4. The summed E-state index contributed by atoms with van der Waals surface area (Å²) in [4.78, 5) is 4.52. The highest BCUT2D eigenvalue weighted by atomic mass is 35.5. The molecule has 30 heavy (non-hydrogen) atoms. The quantitative estimate of drug-likeness (QED) is 0.666. The second-order valence-corrected chi connectivity index (χ2v) is 9.72. The van der Waals surface area contributed by atoms with E-state index in [0.717, 1.165) is 41.9 Å². The Morgan fingerprint density at radius 1 is 1.17 bits per heavy atom. The van der Waals surface area contributed by atoms with Crippen LogP contribution in [0.5, 0.6) is 5.75 Å². The number of aryl methyl sites for hydroxylation is 1. The number of likely N-dealkylation sites (N-methyl/N-ethyl adjacent to an activating group) is 1. The minimum atomic E-state index is -0.742. The highest BCUT2D eigenvalue weighted by molar-refractivity contribution is 6.32. The van der Waals surface area contributed by atoms with Crippen molar-refractivity contribution in [3.63, 3.8) is 0 Å². The number of anilines is 2. The number of aliphatic hydroxyl groups is 1. The Hall–Kier alpha value is -2.01. The summed E-state index contributed by atoms with van der Waals surface area (Å²) >= 11 is 6.62. The molecular formula is C25H29ClN2O2. The molecule has 2 N–H and O–H groups in total. The lowest BCUT2D eigenvalue weighted by molar-refractivity contribution is -0.120. The molecule has 3 aliphatic rings. The number of aromatic hydroxyl groups is 1. The van der Waals surface area contributed by atoms with Crippen molar-refractivity contribution in [1.29, 1.82) is 0 Å². The average molecular weight is 425 g/mol. The Labute approximate surface area is 183 Å². The lowest BCUT2D eigenvalue weighted by atomic mass is 9.63. The average Bonchev–Trinajstić information content (AvgIpc) is 2.71. The number of hydrogen-bond donors (Lipinski definition) is 2. The Kier molecular flexibility index (Phi) is 4.66. The van der Waals surface area contributed by atoms with Gasteiger partial charge in [0.15, 0.2) is 0 Å². The summed E-state index contributed by atoms with van der Waals surface area (Å²) in [6, 6.07) is 11.9.